The molecule has 19 heavy (non-hydrogen) atoms. The molecule has 2 heteroatoms. The zero-order chi connectivity index (χ0) is 13.8. The molecule has 0 aliphatic carbocycles. The molecule has 3 rings (SSSR count). The molecule has 0 atom stereocenters. The first kappa shape index (κ1) is 12.1. The predicted molar refractivity (Wildman–Crippen MR) is 80.8 cm³/mol. The van der Waals surface area contributed by atoms with Crippen molar-refractivity contribution in [3.63, 3.8) is 0 Å². The molecule has 0 saturated heterocycles. The van der Waals surface area contributed by atoms with Crippen LogP contribution in [0.1, 0.15) is 26.3 Å². The first-order valence-electron chi connectivity index (χ1n) is 6.62. The fourth-order valence-electron chi connectivity index (χ4n) is 2.85. The van der Waals surface area contributed by atoms with E-state index < -0.39 is 0 Å². The van der Waals surface area contributed by atoms with Crippen molar-refractivity contribution in [3.8, 4) is 5.75 Å². The molecular weight excluding hydrogens is 234 g/mol. The largest absolute Gasteiger partial charge is 0.508 e. The van der Waals surface area contributed by atoms with Gasteiger partial charge in [0.2, 0.25) is 0 Å². The minimum Gasteiger partial charge on any atom is -0.508 e. The van der Waals surface area contributed by atoms with Crippen molar-refractivity contribution in [1.29, 1.82) is 0 Å². The molecule has 0 radical (unpaired) electrons. The number of aromatic hydroxyl groups is 1. The highest BCUT2D eigenvalue weighted by Crippen LogP contribution is 2.35. The predicted octanol–water partition coefficient (Wildman–Crippen LogP) is 4.56. The number of aryl methyl sites for hydroxylation is 1. The van der Waals surface area contributed by atoms with Gasteiger partial charge in [-0.1, -0.05) is 11.6 Å². The Kier molecular flexibility index (Phi) is 2.40. The first-order valence-corrected chi connectivity index (χ1v) is 6.62. The molecule has 0 bridgehead atoms. The van der Waals surface area contributed by atoms with Gasteiger partial charge in [-0.25, -0.2) is 0 Å². The topological polar surface area (TPSA) is 25.2 Å². The Labute approximate surface area is 113 Å². The van der Waals surface area contributed by atoms with Crippen LogP contribution in [0.3, 0.4) is 0 Å². The van der Waals surface area contributed by atoms with Crippen molar-refractivity contribution in [3.05, 3.63) is 42.0 Å². The van der Waals surface area contributed by atoms with Crippen LogP contribution in [0, 0.1) is 6.92 Å². The van der Waals surface area contributed by atoms with Gasteiger partial charge in [0.25, 0.3) is 0 Å². The number of nitrogens with zero attached hydrogens (tertiary/aromatic N) is 1. The molecule has 1 N–H and O–H groups in total. The number of hydrogen-bond acceptors (Lipinski definition) is 1. The van der Waals surface area contributed by atoms with Crippen LogP contribution in [0.2, 0.25) is 0 Å². The fourth-order valence-corrected chi connectivity index (χ4v) is 2.85. The Morgan fingerprint density at radius 2 is 1.47 bits per heavy atom. The molecular formula is C17H19NO. The summed E-state index contributed by atoms with van der Waals surface area (Å²) in [6.07, 6.45) is 0. The van der Waals surface area contributed by atoms with E-state index in [9.17, 15) is 5.11 Å². The van der Waals surface area contributed by atoms with Crippen LogP contribution in [0.5, 0.6) is 5.75 Å². The summed E-state index contributed by atoms with van der Waals surface area (Å²) >= 11 is 0. The van der Waals surface area contributed by atoms with E-state index in [1.807, 2.05) is 12.1 Å². The SMILES string of the molecule is Cc1ccc2c(c1)c1cc(O)ccc1n2C(C)(C)C. The van der Waals surface area contributed by atoms with E-state index in [1.165, 1.54) is 22.0 Å². The Balaban J connectivity index is 2.58. The lowest BCUT2D eigenvalue weighted by molar-refractivity contribution is 0.423. The number of phenolic OH excluding ortho intramolecular Hbond substituents is 1. The van der Waals surface area contributed by atoms with Crippen LogP contribution >= 0.6 is 0 Å². The number of benzene rings is 2. The van der Waals surface area contributed by atoms with Crippen LogP contribution < -0.4 is 0 Å². The minimum absolute atomic E-state index is 0.00618. The Bertz CT molecular complexity index is 716. The minimum atomic E-state index is 0.00618. The van der Waals surface area contributed by atoms with Gasteiger partial charge in [0.05, 0.1) is 0 Å². The second-order valence-electron chi connectivity index (χ2n) is 6.23. The molecule has 0 amide bonds. The second kappa shape index (κ2) is 3.77. The Morgan fingerprint density at radius 3 is 2.11 bits per heavy atom. The van der Waals surface area contributed by atoms with Gasteiger partial charge in [-0.15, -0.1) is 0 Å². The molecule has 2 aromatic carbocycles. The average Bonchev–Trinajstić information content (AvgIpc) is 2.62. The lowest BCUT2D eigenvalue weighted by atomic mass is 10.1. The van der Waals surface area contributed by atoms with Crippen molar-refractivity contribution in [2.24, 2.45) is 0 Å². The number of phenols is 1. The standard InChI is InChI=1S/C17H19NO/c1-11-5-7-15-13(9-11)14-10-12(19)6-8-16(14)18(15)17(2,3)4/h5-10,19H,1-4H3. The molecule has 1 heterocycles. The molecule has 0 saturated carbocycles. The van der Waals surface area contributed by atoms with Gasteiger partial charge < -0.3 is 9.67 Å². The molecule has 0 unspecified atom stereocenters. The molecule has 98 valence electrons. The normalized spacial score (nSPS) is 12.4. The van der Waals surface area contributed by atoms with Gasteiger partial charge in [-0.3, -0.25) is 0 Å². The molecule has 1 aromatic heterocycles. The molecule has 0 aliphatic rings. The summed E-state index contributed by atoms with van der Waals surface area (Å²) in [5.41, 5.74) is 3.64. The third-order valence-electron chi connectivity index (χ3n) is 3.57. The summed E-state index contributed by atoms with van der Waals surface area (Å²) in [4.78, 5) is 0. The maximum atomic E-state index is 9.76. The van der Waals surface area contributed by atoms with E-state index in [-0.39, 0.29) is 5.54 Å². The molecule has 0 aliphatic heterocycles. The monoisotopic (exact) mass is 253 g/mol. The average molecular weight is 253 g/mol. The highest BCUT2D eigenvalue weighted by molar-refractivity contribution is 6.09. The van der Waals surface area contributed by atoms with Crippen LogP contribution in [0.4, 0.5) is 0 Å². The van der Waals surface area contributed by atoms with Gasteiger partial charge >= 0.3 is 0 Å². The lowest BCUT2D eigenvalue weighted by Gasteiger charge is -2.24. The van der Waals surface area contributed by atoms with Gasteiger partial charge in [0.1, 0.15) is 5.75 Å². The van der Waals surface area contributed by atoms with E-state index >= 15 is 0 Å². The number of fused-ring (bicyclic) bond motifs is 3. The maximum Gasteiger partial charge on any atom is 0.116 e. The highest BCUT2D eigenvalue weighted by Gasteiger charge is 2.20. The zero-order valence-corrected chi connectivity index (χ0v) is 11.9. The first-order chi connectivity index (χ1) is 8.88. The van der Waals surface area contributed by atoms with Crippen molar-refractivity contribution in [2.75, 3.05) is 0 Å². The second-order valence-corrected chi connectivity index (χ2v) is 6.23. The summed E-state index contributed by atoms with van der Waals surface area (Å²) in [6.45, 7) is 8.72. The van der Waals surface area contributed by atoms with Crippen LogP contribution in [-0.2, 0) is 5.54 Å². The Morgan fingerprint density at radius 1 is 0.895 bits per heavy atom. The van der Waals surface area contributed by atoms with Gasteiger partial charge in [0, 0.05) is 27.3 Å². The molecule has 2 nitrogen and oxygen atoms in total. The van der Waals surface area contributed by atoms with E-state index in [2.05, 4.69) is 50.5 Å². The third-order valence-corrected chi connectivity index (χ3v) is 3.57. The van der Waals surface area contributed by atoms with Crippen molar-refractivity contribution in [2.45, 2.75) is 33.2 Å². The smallest absolute Gasteiger partial charge is 0.116 e. The quantitative estimate of drug-likeness (QED) is 0.624. The van der Waals surface area contributed by atoms with Crippen molar-refractivity contribution < 1.29 is 5.11 Å². The summed E-state index contributed by atoms with van der Waals surface area (Å²) in [7, 11) is 0. The third kappa shape index (κ3) is 1.79. The van der Waals surface area contributed by atoms with Crippen LogP contribution in [0.25, 0.3) is 21.8 Å². The molecule has 3 aromatic rings. The maximum absolute atomic E-state index is 9.76. The van der Waals surface area contributed by atoms with Gasteiger partial charge in [-0.2, -0.15) is 0 Å². The van der Waals surface area contributed by atoms with E-state index in [0.717, 1.165) is 5.39 Å². The number of hydrogen-bond donors (Lipinski definition) is 1. The fraction of sp³-hybridized carbons (Fsp3) is 0.294. The van der Waals surface area contributed by atoms with E-state index in [1.54, 1.807) is 6.07 Å². The Hall–Kier alpha value is -1.96. The zero-order valence-electron chi connectivity index (χ0n) is 11.9. The number of rotatable bonds is 0. The van der Waals surface area contributed by atoms with Crippen LogP contribution in [0.15, 0.2) is 36.4 Å². The molecule has 0 spiro atoms. The summed E-state index contributed by atoms with van der Waals surface area (Å²) < 4.78 is 2.34. The van der Waals surface area contributed by atoms with Crippen molar-refractivity contribution in [1.82, 2.24) is 4.57 Å². The lowest BCUT2D eigenvalue weighted by Crippen LogP contribution is -2.21. The van der Waals surface area contributed by atoms with Crippen LogP contribution in [-0.4, -0.2) is 9.67 Å². The van der Waals surface area contributed by atoms with E-state index in [0.29, 0.717) is 5.75 Å². The molecule has 0 fully saturated rings. The van der Waals surface area contributed by atoms with Gasteiger partial charge in [0.15, 0.2) is 0 Å². The summed E-state index contributed by atoms with van der Waals surface area (Å²) in [5, 5.41) is 12.1. The summed E-state index contributed by atoms with van der Waals surface area (Å²) in [5.74, 6) is 0.321. The number of aromatic nitrogens is 1. The van der Waals surface area contributed by atoms with E-state index in [4.69, 9.17) is 0 Å². The summed E-state index contributed by atoms with van der Waals surface area (Å²) in [6, 6.07) is 12.1. The highest BCUT2D eigenvalue weighted by atomic mass is 16.3. The van der Waals surface area contributed by atoms with Gasteiger partial charge in [-0.05, 0) is 58.0 Å². The van der Waals surface area contributed by atoms with Crippen molar-refractivity contribution >= 4 is 21.8 Å².